The van der Waals surface area contributed by atoms with Gasteiger partial charge >= 0.3 is 0 Å². The number of hydrogen-bond donors (Lipinski definition) is 0. The Bertz CT molecular complexity index is 649. The molecule has 0 aliphatic heterocycles. The average Bonchev–Trinajstić information content (AvgIpc) is 2.50. The van der Waals surface area contributed by atoms with Crippen LogP contribution in [0.5, 0.6) is 0 Å². The van der Waals surface area contributed by atoms with Crippen molar-refractivity contribution in [3.8, 4) is 11.3 Å². The van der Waals surface area contributed by atoms with Gasteiger partial charge in [-0.15, -0.1) is 11.6 Å². The van der Waals surface area contributed by atoms with Crippen molar-refractivity contribution in [2.45, 2.75) is 38.6 Å². The number of unbranched alkanes of at least 4 members (excludes halogenated alkanes) is 2. The van der Waals surface area contributed by atoms with Gasteiger partial charge < -0.3 is 4.57 Å². The first-order chi connectivity index (χ1) is 10.2. The van der Waals surface area contributed by atoms with E-state index in [1.165, 1.54) is 12.1 Å². The van der Waals surface area contributed by atoms with Gasteiger partial charge in [0.25, 0.3) is 5.56 Å². The predicted molar refractivity (Wildman–Crippen MR) is 85.2 cm³/mol. The van der Waals surface area contributed by atoms with Crippen molar-refractivity contribution < 1.29 is 4.39 Å². The van der Waals surface area contributed by atoms with E-state index in [1.54, 1.807) is 22.8 Å². The van der Waals surface area contributed by atoms with Gasteiger partial charge in [0.1, 0.15) is 5.82 Å². The Morgan fingerprint density at radius 2 is 1.81 bits per heavy atom. The van der Waals surface area contributed by atoms with Gasteiger partial charge in [-0.05, 0) is 42.3 Å². The Labute approximate surface area is 129 Å². The smallest absolute Gasteiger partial charge is 0.255 e. The van der Waals surface area contributed by atoms with Gasteiger partial charge in [-0.25, -0.2) is 4.39 Å². The standard InChI is InChI=1S/C17H19ClFNO/c1-2-3-4-11-20-16(10-7-14(12-18)17(20)21)13-5-8-15(19)9-6-13/h5-10H,2-4,11-12H2,1H3. The molecule has 0 fully saturated rings. The van der Waals surface area contributed by atoms with Gasteiger partial charge in [0, 0.05) is 12.1 Å². The molecule has 1 heterocycles. The Kier molecular flexibility index (Phi) is 5.57. The molecule has 4 heteroatoms. The normalized spacial score (nSPS) is 10.8. The van der Waals surface area contributed by atoms with Crippen LogP contribution in [0.1, 0.15) is 31.7 Å². The summed E-state index contributed by atoms with van der Waals surface area (Å²) in [5.41, 5.74) is 2.19. The van der Waals surface area contributed by atoms with Crippen LogP contribution in [-0.4, -0.2) is 4.57 Å². The van der Waals surface area contributed by atoms with Crippen LogP contribution in [0.2, 0.25) is 0 Å². The number of hydrogen-bond acceptors (Lipinski definition) is 1. The van der Waals surface area contributed by atoms with E-state index in [0.717, 1.165) is 30.5 Å². The first-order valence-corrected chi connectivity index (χ1v) is 7.75. The monoisotopic (exact) mass is 307 g/mol. The lowest BCUT2D eigenvalue weighted by Crippen LogP contribution is -2.24. The van der Waals surface area contributed by atoms with Crippen LogP contribution >= 0.6 is 11.6 Å². The molecular weight excluding hydrogens is 289 g/mol. The molecule has 0 saturated carbocycles. The highest BCUT2D eigenvalue weighted by Crippen LogP contribution is 2.20. The van der Waals surface area contributed by atoms with E-state index in [0.29, 0.717) is 12.1 Å². The third-order valence-electron chi connectivity index (χ3n) is 3.52. The number of aromatic nitrogens is 1. The summed E-state index contributed by atoms with van der Waals surface area (Å²) >= 11 is 5.82. The van der Waals surface area contributed by atoms with Crippen molar-refractivity contribution in [2.24, 2.45) is 0 Å². The maximum absolute atomic E-state index is 13.1. The molecule has 2 rings (SSSR count). The van der Waals surface area contributed by atoms with Gasteiger partial charge in [0.2, 0.25) is 0 Å². The molecule has 112 valence electrons. The topological polar surface area (TPSA) is 22.0 Å². The van der Waals surface area contributed by atoms with Crippen LogP contribution in [-0.2, 0) is 12.4 Å². The molecule has 0 unspecified atom stereocenters. The lowest BCUT2D eigenvalue weighted by atomic mass is 10.1. The Hall–Kier alpha value is -1.61. The largest absolute Gasteiger partial charge is 0.308 e. The van der Waals surface area contributed by atoms with Gasteiger partial charge in [-0.3, -0.25) is 4.79 Å². The third kappa shape index (κ3) is 3.73. The minimum atomic E-state index is -0.281. The summed E-state index contributed by atoms with van der Waals surface area (Å²) in [6.07, 6.45) is 3.10. The minimum absolute atomic E-state index is 0.0528. The van der Waals surface area contributed by atoms with E-state index in [4.69, 9.17) is 11.6 Å². The molecule has 0 aliphatic carbocycles. The molecule has 0 amide bonds. The highest BCUT2D eigenvalue weighted by Gasteiger charge is 2.10. The second kappa shape index (κ2) is 7.41. The molecule has 21 heavy (non-hydrogen) atoms. The highest BCUT2D eigenvalue weighted by molar-refractivity contribution is 6.17. The summed E-state index contributed by atoms with van der Waals surface area (Å²) in [6.45, 7) is 2.78. The van der Waals surface area contributed by atoms with E-state index >= 15 is 0 Å². The maximum Gasteiger partial charge on any atom is 0.255 e. The number of pyridine rings is 1. The van der Waals surface area contributed by atoms with Gasteiger partial charge in [-0.1, -0.05) is 25.8 Å². The highest BCUT2D eigenvalue weighted by atomic mass is 35.5. The number of halogens is 2. The van der Waals surface area contributed by atoms with Crippen molar-refractivity contribution in [3.63, 3.8) is 0 Å². The zero-order valence-electron chi connectivity index (χ0n) is 12.1. The summed E-state index contributed by atoms with van der Waals surface area (Å²) in [6, 6.07) is 9.85. The molecule has 2 nitrogen and oxygen atoms in total. The van der Waals surface area contributed by atoms with Crippen molar-refractivity contribution in [1.82, 2.24) is 4.57 Å². The number of nitrogens with zero attached hydrogens (tertiary/aromatic N) is 1. The van der Waals surface area contributed by atoms with Crippen molar-refractivity contribution in [2.75, 3.05) is 0 Å². The third-order valence-corrected chi connectivity index (χ3v) is 3.81. The van der Waals surface area contributed by atoms with E-state index in [9.17, 15) is 9.18 Å². The van der Waals surface area contributed by atoms with E-state index in [-0.39, 0.29) is 17.3 Å². The number of alkyl halides is 1. The molecule has 0 atom stereocenters. The van der Waals surface area contributed by atoms with Crippen molar-refractivity contribution in [1.29, 1.82) is 0 Å². The van der Waals surface area contributed by atoms with E-state index in [1.807, 2.05) is 6.07 Å². The fraction of sp³-hybridized carbons (Fsp3) is 0.353. The van der Waals surface area contributed by atoms with Gasteiger partial charge in [-0.2, -0.15) is 0 Å². The zero-order chi connectivity index (χ0) is 15.2. The molecule has 0 aliphatic rings. The molecule has 1 aromatic heterocycles. The Morgan fingerprint density at radius 3 is 2.43 bits per heavy atom. The van der Waals surface area contributed by atoms with Crippen LogP contribution in [0, 0.1) is 5.82 Å². The molecule has 0 spiro atoms. The molecule has 2 aromatic rings. The van der Waals surface area contributed by atoms with Gasteiger partial charge in [0.15, 0.2) is 0 Å². The molecule has 1 aromatic carbocycles. The number of benzene rings is 1. The van der Waals surface area contributed by atoms with Crippen LogP contribution in [0.3, 0.4) is 0 Å². The maximum atomic E-state index is 13.1. The summed E-state index contributed by atoms with van der Waals surface area (Å²) in [5.74, 6) is -0.0768. The van der Waals surface area contributed by atoms with Crippen LogP contribution in [0.4, 0.5) is 4.39 Å². The second-order valence-corrected chi connectivity index (χ2v) is 5.32. The fourth-order valence-corrected chi connectivity index (χ4v) is 2.54. The summed E-state index contributed by atoms with van der Waals surface area (Å²) in [4.78, 5) is 12.5. The predicted octanol–water partition coefficient (Wildman–Crippen LogP) is 4.58. The lowest BCUT2D eigenvalue weighted by molar-refractivity contribution is 0.589. The summed E-state index contributed by atoms with van der Waals surface area (Å²) in [7, 11) is 0. The van der Waals surface area contributed by atoms with Crippen molar-refractivity contribution >= 4 is 11.6 Å². The first-order valence-electron chi connectivity index (χ1n) is 7.22. The number of rotatable bonds is 6. The average molecular weight is 308 g/mol. The van der Waals surface area contributed by atoms with E-state index < -0.39 is 0 Å². The molecule has 0 saturated heterocycles. The lowest BCUT2D eigenvalue weighted by Gasteiger charge is -2.14. The quantitative estimate of drug-likeness (QED) is 0.565. The minimum Gasteiger partial charge on any atom is -0.308 e. The molecular formula is C17H19ClFNO. The summed E-state index contributed by atoms with van der Waals surface area (Å²) < 4.78 is 14.8. The molecule has 0 N–H and O–H groups in total. The molecule has 0 radical (unpaired) electrons. The first kappa shape index (κ1) is 15.8. The van der Waals surface area contributed by atoms with Crippen LogP contribution in [0.15, 0.2) is 41.2 Å². The summed E-state index contributed by atoms with van der Waals surface area (Å²) in [5, 5.41) is 0. The van der Waals surface area contributed by atoms with E-state index in [2.05, 4.69) is 6.92 Å². The SMILES string of the molecule is CCCCCn1c(-c2ccc(F)cc2)ccc(CCl)c1=O. The Balaban J connectivity index is 2.46. The fourth-order valence-electron chi connectivity index (χ4n) is 2.34. The Morgan fingerprint density at radius 1 is 1.10 bits per heavy atom. The van der Waals surface area contributed by atoms with Gasteiger partial charge in [0.05, 0.1) is 11.6 Å². The van der Waals surface area contributed by atoms with Crippen molar-refractivity contribution in [3.05, 3.63) is 58.1 Å². The van der Waals surface area contributed by atoms with Crippen LogP contribution in [0.25, 0.3) is 11.3 Å². The zero-order valence-corrected chi connectivity index (χ0v) is 12.9. The molecule has 0 bridgehead atoms. The second-order valence-electron chi connectivity index (χ2n) is 5.05. The van der Waals surface area contributed by atoms with Crippen LogP contribution < -0.4 is 5.56 Å².